The molecule has 112 valence electrons. The van der Waals surface area contributed by atoms with Gasteiger partial charge in [-0.3, -0.25) is 9.20 Å². The zero-order valence-electron chi connectivity index (χ0n) is 11.9. The molecule has 3 rings (SSSR count). The maximum absolute atomic E-state index is 11.9. The number of thiazole rings is 1. The highest BCUT2D eigenvalue weighted by molar-refractivity contribution is 7.15. The van der Waals surface area contributed by atoms with Crippen LogP contribution >= 0.6 is 22.9 Å². The van der Waals surface area contributed by atoms with Crippen molar-refractivity contribution < 1.29 is 4.79 Å². The standard InChI is InChI=1S/C16H14ClN3OS/c1-11-3-2-4-12(9-11)10-18-14(21)6-5-13-15(17)19-16-20(13)7-8-22-16/h2-9H,10H2,1H3,(H,18,21)/b6-5+. The van der Waals surface area contributed by atoms with Gasteiger partial charge in [-0.15, -0.1) is 11.3 Å². The summed E-state index contributed by atoms with van der Waals surface area (Å²) in [6, 6.07) is 8.04. The van der Waals surface area contributed by atoms with E-state index in [4.69, 9.17) is 11.6 Å². The van der Waals surface area contributed by atoms with E-state index in [1.165, 1.54) is 23.0 Å². The molecule has 0 fully saturated rings. The van der Waals surface area contributed by atoms with E-state index < -0.39 is 0 Å². The molecule has 0 saturated heterocycles. The molecule has 3 aromatic rings. The van der Waals surface area contributed by atoms with E-state index in [9.17, 15) is 4.79 Å². The highest BCUT2D eigenvalue weighted by Crippen LogP contribution is 2.22. The summed E-state index contributed by atoms with van der Waals surface area (Å²) in [5, 5.41) is 5.18. The molecule has 0 aliphatic heterocycles. The predicted octanol–water partition coefficient (Wildman–Crippen LogP) is 3.69. The second-order valence-corrected chi connectivity index (χ2v) is 6.11. The zero-order valence-corrected chi connectivity index (χ0v) is 13.5. The van der Waals surface area contributed by atoms with Crippen molar-refractivity contribution in [2.45, 2.75) is 13.5 Å². The fourth-order valence-electron chi connectivity index (χ4n) is 2.15. The number of imidazole rings is 1. The van der Waals surface area contributed by atoms with Gasteiger partial charge < -0.3 is 5.32 Å². The minimum atomic E-state index is -0.164. The van der Waals surface area contributed by atoms with Crippen LogP contribution in [0, 0.1) is 6.92 Å². The van der Waals surface area contributed by atoms with Gasteiger partial charge >= 0.3 is 0 Å². The molecule has 1 aromatic carbocycles. The second kappa shape index (κ2) is 6.34. The summed E-state index contributed by atoms with van der Waals surface area (Å²) < 4.78 is 1.86. The summed E-state index contributed by atoms with van der Waals surface area (Å²) >= 11 is 7.57. The van der Waals surface area contributed by atoms with Crippen LogP contribution in [-0.4, -0.2) is 15.3 Å². The number of rotatable bonds is 4. The maximum atomic E-state index is 11.9. The smallest absolute Gasteiger partial charge is 0.244 e. The number of benzene rings is 1. The normalized spacial score (nSPS) is 11.4. The van der Waals surface area contributed by atoms with E-state index in [1.54, 1.807) is 6.08 Å². The van der Waals surface area contributed by atoms with Gasteiger partial charge in [-0.1, -0.05) is 41.4 Å². The number of hydrogen-bond acceptors (Lipinski definition) is 3. The number of amides is 1. The van der Waals surface area contributed by atoms with Gasteiger partial charge in [0, 0.05) is 24.2 Å². The number of nitrogens with zero attached hydrogens (tertiary/aromatic N) is 2. The second-order valence-electron chi connectivity index (χ2n) is 4.88. The van der Waals surface area contributed by atoms with E-state index >= 15 is 0 Å². The molecule has 0 spiro atoms. The van der Waals surface area contributed by atoms with Crippen molar-refractivity contribution in [1.29, 1.82) is 0 Å². The first-order valence-corrected chi connectivity index (χ1v) is 8.02. The molecule has 0 bridgehead atoms. The van der Waals surface area contributed by atoms with E-state index in [-0.39, 0.29) is 5.91 Å². The molecule has 0 radical (unpaired) electrons. The lowest BCUT2D eigenvalue weighted by Crippen LogP contribution is -2.20. The van der Waals surface area contributed by atoms with E-state index in [0.29, 0.717) is 17.4 Å². The minimum Gasteiger partial charge on any atom is -0.348 e. The Balaban J connectivity index is 1.66. The van der Waals surface area contributed by atoms with E-state index in [2.05, 4.69) is 10.3 Å². The largest absolute Gasteiger partial charge is 0.348 e. The molecular weight excluding hydrogens is 318 g/mol. The van der Waals surface area contributed by atoms with Crippen molar-refractivity contribution >= 4 is 39.9 Å². The summed E-state index contributed by atoms with van der Waals surface area (Å²) in [4.78, 5) is 16.9. The third kappa shape index (κ3) is 3.21. The molecule has 0 aliphatic carbocycles. The minimum absolute atomic E-state index is 0.164. The van der Waals surface area contributed by atoms with Crippen LogP contribution in [0.3, 0.4) is 0 Å². The van der Waals surface area contributed by atoms with Crippen molar-refractivity contribution in [3.8, 4) is 0 Å². The number of carbonyl (C=O) groups excluding carboxylic acids is 1. The van der Waals surface area contributed by atoms with Crippen molar-refractivity contribution in [2.24, 2.45) is 0 Å². The highest BCUT2D eigenvalue weighted by Gasteiger charge is 2.08. The molecule has 1 N–H and O–H groups in total. The Morgan fingerprint density at radius 2 is 2.36 bits per heavy atom. The van der Waals surface area contributed by atoms with Crippen LogP contribution in [0.15, 0.2) is 41.9 Å². The molecule has 2 aromatic heterocycles. The summed E-state index contributed by atoms with van der Waals surface area (Å²) in [6.07, 6.45) is 5.03. The maximum Gasteiger partial charge on any atom is 0.244 e. The molecule has 2 heterocycles. The quantitative estimate of drug-likeness (QED) is 0.741. The first kappa shape index (κ1) is 14.8. The van der Waals surface area contributed by atoms with Gasteiger partial charge in [0.1, 0.15) is 0 Å². The summed E-state index contributed by atoms with van der Waals surface area (Å²) in [5.41, 5.74) is 2.96. The Kier molecular flexibility index (Phi) is 4.27. The van der Waals surface area contributed by atoms with Crippen molar-refractivity contribution in [1.82, 2.24) is 14.7 Å². The zero-order chi connectivity index (χ0) is 15.5. The fraction of sp³-hybridized carbons (Fsp3) is 0.125. The third-order valence-corrected chi connectivity index (χ3v) is 4.23. The molecule has 6 heteroatoms. The third-order valence-electron chi connectivity index (χ3n) is 3.20. The fourth-order valence-corrected chi connectivity index (χ4v) is 3.16. The van der Waals surface area contributed by atoms with Gasteiger partial charge in [0.2, 0.25) is 5.91 Å². The number of fused-ring (bicyclic) bond motifs is 1. The van der Waals surface area contributed by atoms with Crippen molar-refractivity contribution in [3.05, 3.63) is 63.9 Å². The van der Waals surface area contributed by atoms with Crippen molar-refractivity contribution in [3.63, 3.8) is 0 Å². The predicted molar refractivity (Wildman–Crippen MR) is 90.1 cm³/mol. The SMILES string of the molecule is Cc1cccc(CNC(=O)/C=C/c2c(Cl)nc3sccn23)c1. The Morgan fingerprint density at radius 1 is 1.50 bits per heavy atom. The molecule has 0 unspecified atom stereocenters. The Morgan fingerprint density at radius 3 is 3.18 bits per heavy atom. The van der Waals surface area contributed by atoms with E-state index in [1.807, 2.05) is 47.2 Å². The van der Waals surface area contributed by atoms with Gasteiger partial charge in [-0.05, 0) is 18.6 Å². The topological polar surface area (TPSA) is 46.4 Å². The Hall–Kier alpha value is -2.11. The first-order chi connectivity index (χ1) is 10.6. The number of hydrogen-bond donors (Lipinski definition) is 1. The molecule has 1 amide bonds. The van der Waals surface area contributed by atoms with Crippen LogP contribution in [0.25, 0.3) is 11.0 Å². The lowest BCUT2D eigenvalue weighted by Gasteiger charge is -2.03. The Labute approximate surface area is 137 Å². The van der Waals surface area contributed by atoms with Crippen LogP contribution in [0.2, 0.25) is 5.15 Å². The van der Waals surface area contributed by atoms with Gasteiger partial charge in [-0.25, -0.2) is 4.98 Å². The van der Waals surface area contributed by atoms with Gasteiger partial charge in [0.25, 0.3) is 0 Å². The lowest BCUT2D eigenvalue weighted by atomic mass is 10.1. The van der Waals surface area contributed by atoms with Gasteiger partial charge in [0.05, 0.1) is 5.69 Å². The van der Waals surface area contributed by atoms with Crippen molar-refractivity contribution in [2.75, 3.05) is 0 Å². The molecule has 4 nitrogen and oxygen atoms in total. The molecular formula is C16H14ClN3OS. The van der Waals surface area contributed by atoms with Crippen LogP contribution in [0.1, 0.15) is 16.8 Å². The number of carbonyl (C=O) groups is 1. The van der Waals surface area contributed by atoms with Gasteiger partial charge in [0.15, 0.2) is 10.1 Å². The summed E-state index contributed by atoms with van der Waals surface area (Å²) in [7, 11) is 0. The van der Waals surface area contributed by atoms with Gasteiger partial charge in [-0.2, -0.15) is 0 Å². The number of halogens is 1. The number of aryl methyl sites for hydroxylation is 1. The molecule has 0 aliphatic rings. The number of aromatic nitrogens is 2. The molecule has 0 saturated carbocycles. The molecule has 0 atom stereocenters. The average Bonchev–Trinajstić information content (AvgIpc) is 3.04. The van der Waals surface area contributed by atoms with Crippen LogP contribution in [0.4, 0.5) is 0 Å². The Bertz CT molecular complexity index is 850. The van der Waals surface area contributed by atoms with E-state index in [0.717, 1.165) is 10.5 Å². The number of nitrogens with one attached hydrogen (secondary N) is 1. The molecule has 22 heavy (non-hydrogen) atoms. The first-order valence-electron chi connectivity index (χ1n) is 6.76. The van der Waals surface area contributed by atoms with Crippen LogP contribution in [-0.2, 0) is 11.3 Å². The average molecular weight is 332 g/mol. The summed E-state index contributed by atoms with van der Waals surface area (Å²) in [6.45, 7) is 2.53. The van der Waals surface area contributed by atoms with Crippen LogP contribution in [0.5, 0.6) is 0 Å². The lowest BCUT2D eigenvalue weighted by molar-refractivity contribution is -0.116. The van der Waals surface area contributed by atoms with Crippen LogP contribution < -0.4 is 5.32 Å². The summed E-state index contributed by atoms with van der Waals surface area (Å²) in [5.74, 6) is -0.164. The monoisotopic (exact) mass is 331 g/mol. The highest BCUT2D eigenvalue weighted by atomic mass is 35.5.